The molecule has 0 bridgehead atoms. The molecule has 0 spiro atoms. The van der Waals surface area contributed by atoms with Crippen LogP contribution in [-0.4, -0.2) is 48.3 Å². The zero-order chi connectivity index (χ0) is 22.3. The minimum Gasteiger partial charge on any atom is -0.455 e. The Labute approximate surface area is 173 Å². The number of esters is 1. The van der Waals surface area contributed by atoms with Crippen molar-refractivity contribution in [3.8, 4) is 0 Å². The molecular formula is C20H26N4O6. The van der Waals surface area contributed by atoms with E-state index in [9.17, 15) is 19.2 Å². The Kier molecular flexibility index (Phi) is 7.93. The van der Waals surface area contributed by atoms with Crippen molar-refractivity contribution < 1.29 is 19.1 Å². The van der Waals surface area contributed by atoms with Gasteiger partial charge >= 0.3 is 11.7 Å². The highest BCUT2D eigenvalue weighted by atomic mass is 16.5. The lowest BCUT2D eigenvalue weighted by Crippen LogP contribution is -2.44. The lowest BCUT2D eigenvalue weighted by molar-refractivity contribution is -0.151. The molecular weight excluding hydrogens is 392 g/mol. The number of carbonyl (C=O) groups is 2. The molecule has 10 nitrogen and oxygen atoms in total. The predicted octanol–water partition coefficient (Wildman–Crippen LogP) is 0.346. The summed E-state index contributed by atoms with van der Waals surface area (Å²) >= 11 is 0. The fourth-order valence-corrected chi connectivity index (χ4v) is 2.68. The number of methoxy groups -OCH3 is 1. The zero-order valence-corrected chi connectivity index (χ0v) is 17.2. The molecule has 0 saturated heterocycles. The maximum absolute atomic E-state index is 12.7. The van der Waals surface area contributed by atoms with Gasteiger partial charge in [0.15, 0.2) is 12.3 Å². The first-order chi connectivity index (χ1) is 14.3. The third-order valence-electron chi connectivity index (χ3n) is 4.30. The molecule has 0 atom stereocenters. The Balaban J connectivity index is 2.43. The Morgan fingerprint density at radius 3 is 2.47 bits per heavy atom. The third kappa shape index (κ3) is 5.57. The monoisotopic (exact) mass is 418 g/mol. The van der Waals surface area contributed by atoms with Crippen molar-refractivity contribution in [1.82, 2.24) is 9.55 Å². The van der Waals surface area contributed by atoms with Crippen LogP contribution in [0.15, 0.2) is 39.9 Å². The van der Waals surface area contributed by atoms with E-state index in [0.717, 1.165) is 10.5 Å². The van der Waals surface area contributed by atoms with Gasteiger partial charge in [0, 0.05) is 13.7 Å². The van der Waals surface area contributed by atoms with Crippen LogP contribution in [0.4, 0.5) is 11.5 Å². The second kappa shape index (κ2) is 10.4. The van der Waals surface area contributed by atoms with Crippen molar-refractivity contribution in [1.29, 1.82) is 0 Å². The molecule has 10 heteroatoms. The average Bonchev–Trinajstić information content (AvgIpc) is 2.71. The van der Waals surface area contributed by atoms with Gasteiger partial charge in [0.1, 0.15) is 5.82 Å². The second-order valence-corrected chi connectivity index (χ2v) is 6.87. The number of ether oxygens (including phenoxy) is 2. The van der Waals surface area contributed by atoms with Gasteiger partial charge in [0.2, 0.25) is 0 Å². The van der Waals surface area contributed by atoms with Gasteiger partial charge in [-0.2, -0.15) is 0 Å². The van der Waals surface area contributed by atoms with Crippen LogP contribution in [0.2, 0.25) is 0 Å². The molecule has 1 aromatic carbocycles. The van der Waals surface area contributed by atoms with Crippen molar-refractivity contribution >= 4 is 23.4 Å². The van der Waals surface area contributed by atoms with Gasteiger partial charge in [0.05, 0.1) is 19.1 Å². The standard InChI is InChI=1S/C20H26N4O6/c1-13(2)19(27)30-12-15(25)23(9-10-29-3)16-17(21)24(20(28)22-18(16)26)11-14-7-5-4-6-8-14/h4-8,13H,9-12,21H2,1-3H3,(H,22,26,28). The molecule has 0 saturated carbocycles. The van der Waals surface area contributed by atoms with Gasteiger partial charge in [-0.05, 0) is 5.56 Å². The van der Waals surface area contributed by atoms with Crippen LogP contribution in [0.25, 0.3) is 0 Å². The quantitative estimate of drug-likeness (QED) is 0.561. The van der Waals surface area contributed by atoms with Gasteiger partial charge in [-0.1, -0.05) is 44.2 Å². The molecule has 1 aromatic heterocycles. The van der Waals surface area contributed by atoms with Crippen LogP contribution in [0.3, 0.4) is 0 Å². The Bertz CT molecular complexity index is 997. The van der Waals surface area contributed by atoms with Gasteiger partial charge in [0.25, 0.3) is 11.5 Å². The number of benzene rings is 1. The van der Waals surface area contributed by atoms with E-state index in [1.807, 2.05) is 6.07 Å². The lowest BCUT2D eigenvalue weighted by Gasteiger charge is -2.24. The molecule has 1 heterocycles. The van der Waals surface area contributed by atoms with Crippen LogP contribution in [0.5, 0.6) is 0 Å². The first kappa shape index (κ1) is 22.9. The highest BCUT2D eigenvalue weighted by Gasteiger charge is 2.25. The number of nitrogens with two attached hydrogens (primary N) is 1. The zero-order valence-electron chi connectivity index (χ0n) is 17.2. The number of amides is 1. The summed E-state index contributed by atoms with van der Waals surface area (Å²) in [6.07, 6.45) is 0. The number of carbonyl (C=O) groups excluding carboxylic acids is 2. The molecule has 0 aliphatic heterocycles. The van der Waals surface area contributed by atoms with Crippen molar-refractivity contribution in [2.75, 3.05) is 37.5 Å². The fourth-order valence-electron chi connectivity index (χ4n) is 2.68. The fraction of sp³-hybridized carbons (Fsp3) is 0.400. The summed E-state index contributed by atoms with van der Waals surface area (Å²) in [5.41, 5.74) is 5.21. The summed E-state index contributed by atoms with van der Waals surface area (Å²) in [6, 6.07) is 9.05. The van der Waals surface area contributed by atoms with Crippen molar-refractivity contribution in [3.63, 3.8) is 0 Å². The van der Waals surface area contributed by atoms with Crippen LogP contribution in [-0.2, 0) is 25.6 Å². The van der Waals surface area contributed by atoms with E-state index in [2.05, 4.69) is 4.98 Å². The number of anilines is 2. The van der Waals surface area contributed by atoms with Crippen LogP contribution >= 0.6 is 0 Å². The summed E-state index contributed by atoms with van der Waals surface area (Å²) in [6.45, 7) is 2.88. The SMILES string of the molecule is COCCN(C(=O)COC(=O)C(C)C)c1c(N)n(Cc2ccccc2)c(=O)[nH]c1=O. The van der Waals surface area contributed by atoms with E-state index in [0.29, 0.717) is 0 Å². The lowest BCUT2D eigenvalue weighted by atomic mass is 10.2. The number of hydrogen-bond donors (Lipinski definition) is 2. The first-order valence-corrected chi connectivity index (χ1v) is 9.38. The number of H-pyrrole nitrogens is 1. The maximum atomic E-state index is 12.7. The summed E-state index contributed by atoms with van der Waals surface area (Å²) in [4.78, 5) is 52.6. The minimum atomic E-state index is -0.818. The number of nitrogens with zero attached hydrogens (tertiary/aromatic N) is 2. The second-order valence-electron chi connectivity index (χ2n) is 6.87. The number of nitrogen functional groups attached to an aromatic ring is 1. The molecule has 0 unspecified atom stereocenters. The van der Waals surface area contributed by atoms with E-state index >= 15 is 0 Å². The van der Waals surface area contributed by atoms with E-state index in [1.54, 1.807) is 38.1 Å². The molecule has 162 valence electrons. The molecule has 3 N–H and O–H groups in total. The van der Waals surface area contributed by atoms with E-state index < -0.39 is 35.7 Å². The van der Waals surface area contributed by atoms with Gasteiger partial charge in [-0.3, -0.25) is 28.8 Å². The molecule has 0 aliphatic rings. The van der Waals surface area contributed by atoms with Crippen molar-refractivity contribution in [3.05, 3.63) is 56.7 Å². The minimum absolute atomic E-state index is 0.0224. The molecule has 1 amide bonds. The van der Waals surface area contributed by atoms with Crippen LogP contribution in [0.1, 0.15) is 19.4 Å². The van der Waals surface area contributed by atoms with Crippen LogP contribution in [0, 0.1) is 5.92 Å². The van der Waals surface area contributed by atoms with Crippen molar-refractivity contribution in [2.24, 2.45) is 5.92 Å². The van der Waals surface area contributed by atoms with E-state index in [4.69, 9.17) is 15.2 Å². The Morgan fingerprint density at radius 1 is 1.20 bits per heavy atom. The summed E-state index contributed by atoms with van der Waals surface area (Å²) in [5.74, 6) is -1.80. The van der Waals surface area contributed by atoms with E-state index in [1.165, 1.54) is 11.7 Å². The molecule has 30 heavy (non-hydrogen) atoms. The molecule has 0 fully saturated rings. The Hall–Kier alpha value is -3.40. The summed E-state index contributed by atoms with van der Waals surface area (Å²) in [7, 11) is 1.44. The highest BCUT2D eigenvalue weighted by Crippen LogP contribution is 2.18. The molecule has 2 rings (SSSR count). The topological polar surface area (TPSA) is 137 Å². The maximum Gasteiger partial charge on any atom is 0.330 e. The largest absolute Gasteiger partial charge is 0.455 e. The Morgan fingerprint density at radius 2 is 1.87 bits per heavy atom. The molecule has 2 aromatic rings. The van der Waals surface area contributed by atoms with Gasteiger partial charge < -0.3 is 15.2 Å². The number of aromatic amines is 1. The number of nitrogens with one attached hydrogen (secondary N) is 1. The van der Waals surface area contributed by atoms with Gasteiger partial charge in [-0.25, -0.2) is 4.79 Å². The smallest absolute Gasteiger partial charge is 0.330 e. The number of hydrogen-bond acceptors (Lipinski definition) is 7. The number of aromatic nitrogens is 2. The average molecular weight is 418 g/mol. The summed E-state index contributed by atoms with van der Waals surface area (Å²) < 4.78 is 11.2. The van der Waals surface area contributed by atoms with E-state index in [-0.39, 0.29) is 31.2 Å². The predicted molar refractivity (Wildman–Crippen MR) is 111 cm³/mol. The highest BCUT2D eigenvalue weighted by molar-refractivity contribution is 5.97. The molecule has 0 aliphatic carbocycles. The first-order valence-electron chi connectivity index (χ1n) is 9.38. The normalized spacial score (nSPS) is 10.8. The van der Waals surface area contributed by atoms with Crippen molar-refractivity contribution in [2.45, 2.75) is 20.4 Å². The number of rotatable bonds is 9. The summed E-state index contributed by atoms with van der Waals surface area (Å²) in [5, 5.41) is 0. The molecule has 0 radical (unpaired) electrons. The van der Waals surface area contributed by atoms with Gasteiger partial charge in [-0.15, -0.1) is 0 Å². The van der Waals surface area contributed by atoms with Crippen LogP contribution < -0.4 is 21.9 Å². The third-order valence-corrected chi connectivity index (χ3v) is 4.30.